The number of carbonyl (C=O) groups excluding carboxylic acids is 1. The zero-order valence-corrected chi connectivity index (χ0v) is 18.3. The third kappa shape index (κ3) is 3.58. The highest BCUT2D eigenvalue weighted by Gasteiger charge is 2.33. The molecule has 0 spiro atoms. The molecule has 1 amide bonds. The molecule has 0 aliphatic carbocycles. The molecule has 32 heavy (non-hydrogen) atoms. The molecule has 0 saturated heterocycles. The lowest BCUT2D eigenvalue weighted by atomic mass is 10.00. The molecule has 1 aliphatic heterocycles. The summed E-state index contributed by atoms with van der Waals surface area (Å²) in [5.74, 6) is 0.0926. The van der Waals surface area contributed by atoms with Gasteiger partial charge in [0.25, 0.3) is 5.91 Å². The molecule has 3 aromatic carbocycles. The fourth-order valence-electron chi connectivity index (χ4n) is 4.34. The van der Waals surface area contributed by atoms with Gasteiger partial charge in [-0.05, 0) is 23.6 Å². The number of para-hydroxylation sites is 2. The van der Waals surface area contributed by atoms with Gasteiger partial charge in [-0.15, -0.1) is 0 Å². The van der Waals surface area contributed by atoms with Crippen LogP contribution in [-0.2, 0) is 11.3 Å². The quantitative estimate of drug-likeness (QED) is 0.429. The van der Waals surface area contributed by atoms with Gasteiger partial charge >= 0.3 is 0 Å². The second kappa shape index (κ2) is 8.39. The van der Waals surface area contributed by atoms with E-state index >= 15 is 0 Å². The highest BCUT2D eigenvalue weighted by molar-refractivity contribution is 6.20. The predicted octanol–water partition coefficient (Wildman–Crippen LogP) is 5.64. The number of hydrogen-bond donors (Lipinski definition) is 0. The van der Waals surface area contributed by atoms with Crippen molar-refractivity contribution in [2.75, 3.05) is 4.90 Å². The Balaban J connectivity index is 1.68. The molecule has 158 valence electrons. The van der Waals surface area contributed by atoms with E-state index in [-0.39, 0.29) is 11.8 Å². The molecule has 0 N–H and O–H groups in total. The van der Waals surface area contributed by atoms with E-state index in [1.165, 1.54) is 0 Å². The monoisotopic (exact) mass is 419 g/mol. The Kier molecular flexibility index (Phi) is 5.28. The van der Waals surface area contributed by atoms with E-state index < -0.39 is 6.04 Å². The number of pyridine rings is 1. The first-order chi connectivity index (χ1) is 15.6. The van der Waals surface area contributed by atoms with E-state index in [4.69, 9.17) is 4.99 Å². The summed E-state index contributed by atoms with van der Waals surface area (Å²) in [5.41, 5.74) is 5.70. The average molecular weight is 420 g/mol. The Morgan fingerprint density at radius 1 is 0.875 bits per heavy atom. The van der Waals surface area contributed by atoms with Gasteiger partial charge in [0.1, 0.15) is 6.04 Å². The van der Waals surface area contributed by atoms with Crippen LogP contribution in [0.15, 0.2) is 96.1 Å². The van der Waals surface area contributed by atoms with Crippen LogP contribution in [0.4, 0.5) is 5.69 Å². The van der Waals surface area contributed by atoms with Crippen LogP contribution in [0.1, 0.15) is 30.5 Å². The van der Waals surface area contributed by atoms with Gasteiger partial charge < -0.3 is 4.90 Å². The number of aromatic nitrogens is 1. The Labute approximate surface area is 188 Å². The van der Waals surface area contributed by atoms with Crippen molar-refractivity contribution in [2.24, 2.45) is 10.9 Å². The van der Waals surface area contributed by atoms with Crippen LogP contribution in [0.5, 0.6) is 0 Å². The average Bonchev–Trinajstić information content (AvgIpc) is 2.95. The molecule has 1 aromatic heterocycles. The highest BCUT2D eigenvalue weighted by atomic mass is 16.2. The number of anilines is 1. The zero-order valence-electron chi connectivity index (χ0n) is 18.3. The summed E-state index contributed by atoms with van der Waals surface area (Å²) in [5, 5.41) is 1.07. The summed E-state index contributed by atoms with van der Waals surface area (Å²) in [6.45, 7) is 4.57. The summed E-state index contributed by atoms with van der Waals surface area (Å²) < 4.78 is 0. The number of carbonyl (C=O) groups is 1. The summed E-state index contributed by atoms with van der Waals surface area (Å²) in [6, 6.07) is 27.9. The van der Waals surface area contributed by atoms with Crippen molar-refractivity contribution in [3.8, 4) is 0 Å². The van der Waals surface area contributed by atoms with Crippen molar-refractivity contribution in [3.05, 3.63) is 108 Å². The fraction of sp³-hybridized carbons (Fsp3) is 0.179. The highest BCUT2D eigenvalue weighted by Crippen LogP contribution is 2.32. The number of hydrogen-bond acceptors (Lipinski definition) is 3. The van der Waals surface area contributed by atoms with Crippen LogP contribution in [0.2, 0.25) is 0 Å². The normalized spacial score (nSPS) is 16.1. The van der Waals surface area contributed by atoms with Gasteiger partial charge in [0.05, 0.1) is 23.5 Å². The number of amides is 1. The molecule has 4 aromatic rings. The summed E-state index contributed by atoms with van der Waals surface area (Å²) >= 11 is 0. The number of nitrogens with zero attached hydrogens (tertiary/aromatic N) is 3. The Morgan fingerprint density at radius 2 is 1.62 bits per heavy atom. The van der Waals surface area contributed by atoms with Gasteiger partial charge in [-0.3, -0.25) is 14.8 Å². The first-order valence-corrected chi connectivity index (χ1v) is 11.0. The van der Waals surface area contributed by atoms with Crippen molar-refractivity contribution < 1.29 is 4.79 Å². The predicted molar refractivity (Wildman–Crippen MR) is 130 cm³/mol. The van der Waals surface area contributed by atoms with E-state index in [2.05, 4.69) is 55.2 Å². The lowest BCUT2D eigenvalue weighted by molar-refractivity contribution is -0.120. The first kappa shape index (κ1) is 20.1. The van der Waals surface area contributed by atoms with Gasteiger partial charge in [-0.1, -0.05) is 86.6 Å². The van der Waals surface area contributed by atoms with Crippen LogP contribution in [-0.4, -0.2) is 22.6 Å². The lowest BCUT2D eigenvalue weighted by Crippen LogP contribution is -2.40. The van der Waals surface area contributed by atoms with Crippen molar-refractivity contribution in [3.63, 3.8) is 0 Å². The molecule has 1 atom stereocenters. The van der Waals surface area contributed by atoms with Crippen molar-refractivity contribution in [1.29, 1.82) is 0 Å². The first-order valence-electron chi connectivity index (χ1n) is 11.0. The standard InChI is InChI=1S/C28H25N3O/c1-19(2)25-28(32)31(18-22-13-8-12-20-14-9-17-29-26(20)22)24-16-7-6-15-23(24)27(30-25)21-10-4-3-5-11-21/h3-17,19,25H,18H2,1-2H3/t25-/m0/s1. The molecular formula is C28H25N3O. The third-order valence-corrected chi connectivity index (χ3v) is 5.96. The van der Waals surface area contributed by atoms with Crippen molar-refractivity contribution >= 4 is 28.2 Å². The fourth-order valence-corrected chi connectivity index (χ4v) is 4.34. The SMILES string of the molecule is CC(C)[C@@H]1N=C(c2ccccc2)c2ccccc2N(Cc2cccc3cccnc23)C1=O. The van der Waals surface area contributed by atoms with Gasteiger partial charge in [0.15, 0.2) is 0 Å². The Morgan fingerprint density at radius 3 is 2.44 bits per heavy atom. The zero-order chi connectivity index (χ0) is 22.1. The molecule has 0 bridgehead atoms. The molecule has 0 radical (unpaired) electrons. The number of benzodiazepines with no additional fused rings is 1. The largest absolute Gasteiger partial charge is 0.305 e. The smallest absolute Gasteiger partial charge is 0.252 e. The Hall–Kier alpha value is -3.79. The van der Waals surface area contributed by atoms with Crippen LogP contribution in [0.25, 0.3) is 10.9 Å². The number of aliphatic imine (C=N–C) groups is 1. The summed E-state index contributed by atoms with van der Waals surface area (Å²) in [7, 11) is 0. The summed E-state index contributed by atoms with van der Waals surface area (Å²) in [6.07, 6.45) is 1.80. The third-order valence-electron chi connectivity index (χ3n) is 5.96. The second-order valence-corrected chi connectivity index (χ2v) is 8.47. The maximum atomic E-state index is 13.9. The molecule has 0 fully saturated rings. The molecule has 1 aliphatic rings. The lowest BCUT2D eigenvalue weighted by Gasteiger charge is -2.27. The minimum atomic E-state index is -0.458. The van der Waals surface area contributed by atoms with Gasteiger partial charge in [-0.25, -0.2) is 0 Å². The molecule has 0 unspecified atom stereocenters. The molecule has 5 rings (SSSR count). The minimum Gasteiger partial charge on any atom is -0.305 e. The van der Waals surface area contributed by atoms with Crippen molar-refractivity contribution in [1.82, 2.24) is 4.98 Å². The van der Waals surface area contributed by atoms with Crippen LogP contribution in [0, 0.1) is 5.92 Å². The number of fused-ring (bicyclic) bond motifs is 2. The topological polar surface area (TPSA) is 45.6 Å². The van der Waals surface area contributed by atoms with E-state index in [1.807, 2.05) is 53.4 Å². The second-order valence-electron chi connectivity index (χ2n) is 8.47. The molecule has 0 saturated carbocycles. The van der Waals surface area contributed by atoms with E-state index in [9.17, 15) is 4.79 Å². The Bertz CT molecular complexity index is 1310. The van der Waals surface area contributed by atoms with Crippen molar-refractivity contribution in [2.45, 2.75) is 26.4 Å². The minimum absolute atomic E-state index is 0.0197. The van der Waals surface area contributed by atoms with Crippen LogP contribution >= 0.6 is 0 Å². The van der Waals surface area contributed by atoms with Crippen LogP contribution in [0.3, 0.4) is 0 Å². The van der Waals surface area contributed by atoms with E-state index in [1.54, 1.807) is 6.20 Å². The molecule has 4 nitrogen and oxygen atoms in total. The maximum absolute atomic E-state index is 13.9. The number of rotatable bonds is 4. The van der Waals surface area contributed by atoms with Gasteiger partial charge in [-0.2, -0.15) is 0 Å². The van der Waals surface area contributed by atoms with Gasteiger partial charge in [0, 0.05) is 22.7 Å². The maximum Gasteiger partial charge on any atom is 0.252 e. The number of benzene rings is 3. The summed E-state index contributed by atoms with van der Waals surface area (Å²) in [4.78, 5) is 25.4. The van der Waals surface area contributed by atoms with E-state index in [0.29, 0.717) is 6.54 Å². The van der Waals surface area contributed by atoms with Gasteiger partial charge in [0.2, 0.25) is 0 Å². The van der Waals surface area contributed by atoms with Crippen LogP contribution < -0.4 is 4.90 Å². The molecule has 2 heterocycles. The molecular weight excluding hydrogens is 394 g/mol. The molecule has 4 heteroatoms. The van der Waals surface area contributed by atoms with E-state index in [0.717, 1.165) is 39.0 Å².